The van der Waals surface area contributed by atoms with Crippen molar-refractivity contribution >= 4 is 5.91 Å². The molecule has 0 atom stereocenters. The number of hydrogen-bond donors (Lipinski definition) is 1. The number of ether oxygens (including phenoxy) is 1. The van der Waals surface area contributed by atoms with E-state index in [1.54, 1.807) is 0 Å². The van der Waals surface area contributed by atoms with E-state index in [9.17, 15) is 4.79 Å². The molecule has 1 N–H and O–H groups in total. The molecule has 0 aliphatic carbocycles. The number of nitrogens with one attached hydrogen (secondary N) is 1. The van der Waals surface area contributed by atoms with E-state index >= 15 is 0 Å². The zero-order chi connectivity index (χ0) is 14.4. The highest BCUT2D eigenvalue weighted by Gasteiger charge is 2.05. The molecule has 0 saturated carbocycles. The standard InChI is InChI=1S/C17H17NO2/c1-3-17(19)18-12-14-8-4-5-10-16(14)20-15-9-6-7-13(2)11-15/h3-11H,1,12H2,2H3,(H,18,19). The van der Waals surface area contributed by atoms with Gasteiger partial charge in [-0.15, -0.1) is 0 Å². The molecule has 0 aliphatic heterocycles. The van der Waals surface area contributed by atoms with Crippen LogP contribution in [0.15, 0.2) is 61.2 Å². The largest absolute Gasteiger partial charge is 0.457 e. The van der Waals surface area contributed by atoms with Crippen LogP contribution >= 0.6 is 0 Å². The lowest BCUT2D eigenvalue weighted by molar-refractivity contribution is -0.116. The molecule has 3 heteroatoms. The smallest absolute Gasteiger partial charge is 0.243 e. The van der Waals surface area contributed by atoms with Gasteiger partial charge < -0.3 is 10.1 Å². The summed E-state index contributed by atoms with van der Waals surface area (Å²) >= 11 is 0. The molecule has 0 heterocycles. The minimum absolute atomic E-state index is 0.199. The van der Waals surface area contributed by atoms with Crippen molar-refractivity contribution in [1.82, 2.24) is 5.32 Å². The first-order valence-corrected chi connectivity index (χ1v) is 6.42. The Morgan fingerprint density at radius 2 is 2.05 bits per heavy atom. The maximum atomic E-state index is 11.2. The summed E-state index contributed by atoms with van der Waals surface area (Å²) in [5, 5.41) is 2.75. The van der Waals surface area contributed by atoms with Crippen LogP contribution in [-0.2, 0) is 11.3 Å². The number of hydrogen-bond acceptors (Lipinski definition) is 2. The van der Waals surface area contributed by atoms with Crippen molar-refractivity contribution in [2.45, 2.75) is 13.5 Å². The first-order valence-electron chi connectivity index (χ1n) is 6.42. The zero-order valence-electron chi connectivity index (χ0n) is 11.4. The second kappa shape index (κ2) is 6.57. The van der Waals surface area contributed by atoms with E-state index in [0.717, 1.165) is 22.6 Å². The first kappa shape index (κ1) is 13.9. The number of benzene rings is 2. The predicted molar refractivity (Wildman–Crippen MR) is 79.7 cm³/mol. The van der Waals surface area contributed by atoms with Crippen LogP contribution in [-0.4, -0.2) is 5.91 Å². The molecule has 2 rings (SSSR count). The molecule has 0 aliphatic rings. The lowest BCUT2D eigenvalue weighted by atomic mass is 10.2. The molecule has 2 aromatic carbocycles. The Morgan fingerprint density at radius 1 is 1.25 bits per heavy atom. The highest BCUT2D eigenvalue weighted by molar-refractivity contribution is 5.86. The summed E-state index contributed by atoms with van der Waals surface area (Å²) in [7, 11) is 0. The maximum absolute atomic E-state index is 11.2. The molecule has 3 nitrogen and oxygen atoms in total. The van der Waals surface area contributed by atoms with Crippen molar-refractivity contribution < 1.29 is 9.53 Å². The van der Waals surface area contributed by atoms with E-state index in [2.05, 4.69) is 11.9 Å². The van der Waals surface area contributed by atoms with Gasteiger partial charge in [0, 0.05) is 12.1 Å². The maximum Gasteiger partial charge on any atom is 0.243 e. The van der Waals surface area contributed by atoms with E-state index in [1.807, 2.05) is 55.5 Å². The Balaban J connectivity index is 2.15. The average Bonchev–Trinajstić information content (AvgIpc) is 2.46. The third kappa shape index (κ3) is 3.72. The van der Waals surface area contributed by atoms with Crippen LogP contribution in [0, 0.1) is 6.92 Å². The van der Waals surface area contributed by atoms with Gasteiger partial charge in [-0.3, -0.25) is 4.79 Å². The minimum atomic E-state index is -0.199. The SMILES string of the molecule is C=CC(=O)NCc1ccccc1Oc1cccc(C)c1. The number of rotatable bonds is 5. The van der Waals surface area contributed by atoms with Crippen LogP contribution in [0.4, 0.5) is 0 Å². The van der Waals surface area contributed by atoms with E-state index < -0.39 is 0 Å². The Bertz CT molecular complexity index is 620. The van der Waals surface area contributed by atoms with Crippen LogP contribution in [0.25, 0.3) is 0 Å². The summed E-state index contributed by atoms with van der Waals surface area (Å²) < 4.78 is 5.88. The van der Waals surface area contributed by atoms with Crippen molar-refractivity contribution in [3.8, 4) is 11.5 Å². The molecule has 0 aromatic heterocycles. The summed E-state index contributed by atoms with van der Waals surface area (Å²) in [6, 6.07) is 15.5. The Morgan fingerprint density at radius 3 is 2.80 bits per heavy atom. The monoisotopic (exact) mass is 267 g/mol. The fourth-order valence-corrected chi connectivity index (χ4v) is 1.81. The molecule has 2 aromatic rings. The third-order valence-corrected chi connectivity index (χ3v) is 2.83. The molecule has 20 heavy (non-hydrogen) atoms. The van der Waals surface area contributed by atoms with Gasteiger partial charge in [0.05, 0.1) is 0 Å². The molecule has 0 saturated heterocycles. The van der Waals surface area contributed by atoms with Gasteiger partial charge >= 0.3 is 0 Å². The molecule has 0 radical (unpaired) electrons. The van der Waals surface area contributed by atoms with Crippen molar-refractivity contribution in [2.75, 3.05) is 0 Å². The quantitative estimate of drug-likeness (QED) is 0.841. The van der Waals surface area contributed by atoms with E-state index in [4.69, 9.17) is 4.74 Å². The molecular formula is C17H17NO2. The first-order chi connectivity index (χ1) is 9.69. The Kier molecular flexibility index (Phi) is 4.56. The number of para-hydroxylation sites is 1. The Hall–Kier alpha value is -2.55. The van der Waals surface area contributed by atoms with Gasteiger partial charge in [-0.2, -0.15) is 0 Å². The van der Waals surface area contributed by atoms with Crippen molar-refractivity contribution in [3.05, 3.63) is 72.3 Å². The Labute approximate surface area is 118 Å². The van der Waals surface area contributed by atoms with Gasteiger partial charge in [0.1, 0.15) is 11.5 Å². The second-order valence-corrected chi connectivity index (χ2v) is 4.45. The summed E-state index contributed by atoms with van der Waals surface area (Å²) in [4.78, 5) is 11.2. The lowest BCUT2D eigenvalue weighted by Gasteiger charge is -2.11. The van der Waals surface area contributed by atoms with Crippen LogP contribution in [0.1, 0.15) is 11.1 Å². The van der Waals surface area contributed by atoms with Crippen molar-refractivity contribution in [3.63, 3.8) is 0 Å². The van der Waals surface area contributed by atoms with Gasteiger partial charge in [0.15, 0.2) is 0 Å². The van der Waals surface area contributed by atoms with Crippen LogP contribution in [0.5, 0.6) is 11.5 Å². The van der Waals surface area contributed by atoms with Crippen LogP contribution in [0.3, 0.4) is 0 Å². The molecule has 1 amide bonds. The predicted octanol–water partition coefficient (Wildman–Crippen LogP) is 3.59. The third-order valence-electron chi connectivity index (χ3n) is 2.83. The molecule has 0 spiro atoms. The van der Waals surface area contributed by atoms with Crippen LogP contribution in [0.2, 0.25) is 0 Å². The number of aryl methyl sites for hydroxylation is 1. The molecule has 0 fully saturated rings. The van der Waals surface area contributed by atoms with Crippen molar-refractivity contribution in [1.29, 1.82) is 0 Å². The second-order valence-electron chi connectivity index (χ2n) is 4.45. The van der Waals surface area contributed by atoms with Gasteiger partial charge in [-0.25, -0.2) is 0 Å². The van der Waals surface area contributed by atoms with Crippen molar-refractivity contribution in [2.24, 2.45) is 0 Å². The average molecular weight is 267 g/mol. The van der Waals surface area contributed by atoms with Gasteiger partial charge in [0.2, 0.25) is 5.91 Å². The zero-order valence-corrected chi connectivity index (χ0v) is 11.4. The molecular weight excluding hydrogens is 250 g/mol. The summed E-state index contributed by atoms with van der Waals surface area (Å²) in [5.41, 5.74) is 2.06. The van der Waals surface area contributed by atoms with Gasteiger partial charge in [-0.1, -0.05) is 36.9 Å². The number of carbonyl (C=O) groups excluding carboxylic acids is 1. The van der Waals surface area contributed by atoms with Gasteiger partial charge in [-0.05, 0) is 36.8 Å². The summed E-state index contributed by atoms with van der Waals surface area (Å²) in [6.45, 7) is 5.86. The molecule has 0 bridgehead atoms. The van der Waals surface area contributed by atoms with E-state index in [1.165, 1.54) is 6.08 Å². The number of amides is 1. The normalized spacial score (nSPS) is 9.85. The fraction of sp³-hybridized carbons (Fsp3) is 0.118. The molecule has 102 valence electrons. The van der Waals surface area contributed by atoms with Gasteiger partial charge in [0.25, 0.3) is 0 Å². The van der Waals surface area contributed by atoms with Crippen LogP contribution < -0.4 is 10.1 Å². The molecule has 0 unspecified atom stereocenters. The minimum Gasteiger partial charge on any atom is -0.457 e. The fourth-order valence-electron chi connectivity index (χ4n) is 1.81. The van der Waals surface area contributed by atoms with E-state index in [-0.39, 0.29) is 5.91 Å². The topological polar surface area (TPSA) is 38.3 Å². The summed E-state index contributed by atoms with van der Waals surface area (Å²) in [5.74, 6) is 1.32. The van der Waals surface area contributed by atoms with E-state index in [0.29, 0.717) is 6.54 Å². The lowest BCUT2D eigenvalue weighted by Crippen LogP contribution is -2.20. The number of carbonyl (C=O) groups is 1. The highest BCUT2D eigenvalue weighted by atomic mass is 16.5. The highest BCUT2D eigenvalue weighted by Crippen LogP contribution is 2.25. The summed E-state index contributed by atoms with van der Waals surface area (Å²) in [6.07, 6.45) is 1.25.